The largest absolute Gasteiger partial charge is 0.338 e. The van der Waals surface area contributed by atoms with Crippen molar-refractivity contribution in [3.8, 4) is 0 Å². The number of para-hydroxylation sites is 2. The van der Waals surface area contributed by atoms with Crippen LogP contribution in [0.25, 0.3) is 11.0 Å². The van der Waals surface area contributed by atoms with E-state index in [2.05, 4.69) is 25.5 Å². The van der Waals surface area contributed by atoms with Crippen molar-refractivity contribution in [2.45, 2.75) is 33.7 Å². The zero-order valence-electron chi connectivity index (χ0n) is 17.1. The Labute approximate surface area is 170 Å². The molecule has 0 fully saturated rings. The Morgan fingerprint density at radius 2 is 1.76 bits per heavy atom. The lowest BCUT2D eigenvalue weighted by Crippen LogP contribution is -2.40. The quantitative estimate of drug-likeness (QED) is 0.538. The molecule has 7 nitrogen and oxygen atoms in total. The number of aryl methyl sites for hydroxylation is 4. The standard InChI is InChI=1S/C22H27N5O2/c1-15-11-16(2)21(17(3)12-15)26-20(28)13-24-22(29)23-9-6-10-27-14-25-18-7-4-5-8-19(18)27/h4-5,7-8,11-12,14H,6,9-10,13H2,1-3H3,(H,26,28)(H2,23,24,29). The maximum Gasteiger partial charge on any atom is 0.315 e. The third-order valence-corrected chi connectivity index (χ3v) is 4.74. The van der Waals surface area contributed by atoms with Crippen LogP contribution >= 0.6 is 0 Å². The van der Waals surface area contributed by atoms with E-state index in [0.29, 0.717) is 6.54 Å². The molecule has 3 aromatic rings. The van der Waals surface area contributed by atoms with Crippen molar-refractivity contribution in [1.29, 1.82) is 0 Å². The maximum atomic E-state index is 12.2. The predicted octanol–water partition coefficient (Wildman–Crippen LogP) is 3.29. The molecule has 3 rings (SSSR count). The zero-order valence-corrected chi connectivity index (χ0v) is 17.1. The van der Waals surface area contributed by atoms with Gasteiger partial charge in [-0.3, -0.25) is 4.79 Å². The number of hydrogen-bond donors (Lipinski definition) is 3. The van der Waals surface area contributed by atoms with Crippen molar-refractivity contribution in [3.63, 3.8) is 0 Å². The summed E-state index contributed by atoms with van der Waals surface area (Å²) in [6, 6.07) is 11.6. The van der Waals surface area contributed by atoms with Crippen LogP contribution in [-0.4, -0.2) is 34.6 Å². The molecule has 1 heterocycles. The van der Waals surface area contributed by atoms with E-state index >= 15 is 0 Å². The van der Waals surface area contributed by atoms with E-state index in [1.165, 1.54) is 0 Å². The first-order chi connectivity index (χ1) is 13.9. The summed E-state index contributed by atoms with van der Waals surface area (Å²) in [7, 11) is 0. The summed E-state index contributed by atoms with van der Waals surface area (Å²) in [6.07, 6.45) is 2.58. The average molecular weight is 393 g/mol. The lowest BCUT2D eigenvalue weighted by Gasteiger charge is -2.13. The van der Waals surface area contributed by atoms with E-state index in [-0.39, 0.29) is 18.5 Å². The van der Waals surface area contributed by atoms with Gasteiger partial charge < -0.3 is 20.5 Å². The minimum Gasteiger partial charge on any atom is -0.338 e. The number of urea groups is 1. The fourth-order valence-electron chi connectivity index (χ4n) is 3.42. The molecule has 3 N–H and O–H groups in total. The van der Waals surface area contributed by atoms with Gasteiger partial charge in [-0.05, 0) is 50.5 Å². The smallest absolute Gasteiger partial charge is 0.315 e. The van der Waals surface area contributed by atoms with E-state index in [1.54, 1.807) is 0 Å². The van der Waals surface area contributed by atoms with Crippen LogP contribution in [0.2, 0.25) is 0 Å². The van der Waals surface area contributed by atoms with Crippen LogP contribution in [0.3, 0.4) is 0 Å². The van der Waals surface area contributed by atoms with Gasteiger partial charge in [0.2, 0.25) is 5.91 Å². The molecule has 152 valence electrons. The molecule has 3 amide bonds. The summed E-state index contributed by atoms with van der Waals surface area (Å²) < 4.78 is 2.06. The van der Waals surface area contributed by atoms with Gasteiger partial charge in [0.05, 0.1) is 23.9 Å². The van der Waals surface area contributed by atoms with Gasteiger partial charge in [-0.2, -0.15) is 0 Å². The molecule has 0 bridgehead atoms. The van der Waals surface area contributed by atoms with E-state index in [9.17, 15) is 9.59 Å². The Hall–Kier alpha value is -3.35. The van der Waals surface area contributed by atoms with Gasteiger partial charge >= 0.3 is 6.03 Å². The van der Waals surface area contributed by atoms with Crippen LogP contribution in [-0.2, 0) is 11.3 Å². The molecule has 0 atom stereocenters. The first-order valence-corrected chi connectivity index (χ1v) is 9.73. The van der Waals surface area contributed by atoms with Crippen LogP contribution in [0.5, 0.6) is 0 Å². The van der Waals surface area contributed by atoms with Crippen molar-refractivity contribution < 1.29 is 9.59 Å². The van der Waals surface area contributed by atoms with Crippen molar-refractivity contribution in [2.75, 3.05) is 18.4 Å². The number of benzene rings is 2. The van der Waals surface area contributed by atoms with E-state index in [0.717, 1.165) is 46.4 Å². The second kappa shape index (κ2) is 9.23. The lowest BCUT2D eigenvalue weighted by molar-refractivity contribution is -0.115. The number of imidazole rings is 1. The summed E-state index contributed by atoms with van der Waals surface area (Å²) in [5, 5.41) is 8.25. The average Bonchev–Trinajstić information content (AvgIpc) is 3.09. The number of fused-ring (bicyclic) bond motifs is 1. The summed E-state index contributed by atoms with van der Waals surface area (Å²) in [6.45, 7) is 7.12. The fraction of sp³-hybridized carbons (Fsp3) is 0.318. The Morgan fingerprint density at radius 1 is 1.03 bits per heavy atom. The van der Waals surface area contributed by atoms with Gasteiger partial charge in [-0.25, -0.2) is 9.78 Å². The van der Waals surface area contributed by atoms with E-state index in [4.69, 9.17) is 0 Å². The maximum absolute atomic E-state index is 12.2. The Bertz CT molecular complexity index is 1000. The summed E-state index contributed by atoms with van der Waals surface area (Å²) in [5.41, 5.74) is 6.01. The monoisotopic (exact) mass is 393 g/mol. The fourth-order valence-corrected chi connectivity index (χ4v) is 3.42. The van der Waals surface area contributed by atoms with Gasteiger partial charge in [0, 0.05) is 18.8 Å². The molecule has 0 aliphatic rings. The SMILES string of the molecule is Cc1cc(C)c(NC(=O)CNC(=O)NCCCn2cnc3ccccc32)c(C)c1. The van der Waals surface area contributed by atoms with Gasteiger partial charge in [0.15, 0.2) is 0 Å². The molecule has 7 heteroatoms. The van der Waals surface area contributed by atoms with Gasteiger partial charge in [0.1, 0.15) is 0 Å². The molecule has 0 unspecified atom stereocenters. The number of carbonyl (C=O) groups excluding carboxylic acids is 2. The number of carbonyl (C=O) groups is 2. The molecule has 0 aliphatic carbocycles. The summed E-state index contributed by atoms with van der Waals surface area (Å²) in [5.74, 6) is -0.250. The second-order valence-corrected chi connectivity index (χ2v) is 7.21. The lowest BCUT2D eigenvalue weighted by atomic mass is 10.1. The Balaban J connectivity index is 1.38. The molecule has 1 aromatic heterocycles. The molecule has 2 aromatic carbocycles. The number of nitrogens with zero attached hydrogens (tertiary/aromatic N) is 2. The highest BCUT2D eigenvalue weighted by molar-refractivity contribution is 5.95. The predicted molar refractivity (Wildman–Crippen MR) is 115 cm³/mol. The number of amides is 3. The number of hydrogen-bond acceptors (Lipinski definition) is 3. The number of anilines is 1. The molecular weight excluding hydrogens is 366 g/mol. The first kappa shape index (κ1) is 20.4. The van der Waals surface area contributed by atoms with Crippen molar-refractivity contribution >= 4 is 28.7 Å². The molecule has 0 saturated carbocycles. The molecular formula is C22H27N5O2. The Morgan fingerprint density at radius 3 is 2.52 bits per heavy atom. The van der Waals surface area contributed by atoms with Crippen LogP contribution in [0.15, 0.2) is 42.7 Å². The number of aromatic nitrogens is 2. The molecule has 0 radical (unpaired) electrons. The number of nitrogens with one attached hydrogen (secondary N) is 3. The van der Waals surface area contributed by atoms with E-state index < -0.39 is 0 Å². The number of rotatable bonds is 7. The third kappa shape index (κ3) is 5.34. The highest BCUT2D eigenvalue weighted by Gasteiger charge is 2.09. The van der Waals surface area contributed by atoms with Crippen molar-refractivity contribution in [1.82, 2.24) is 20.2 Å². The molecule has 29 heavy (non-hydrogen) atoms. The van der Waals surface area contributed by atoms with Gasteiger partial charge in [-0.15, -0.1) is 0 Å². The topological polar surface area (TPSA) is 88.0 Å². The highest BCUT2D eigenvalue weighted by atomic mass is 16.2. The van der Waals surface area contributed by atoms with Crippen LogP contribution in [0.4, 0.5) is 10.5 Å². The zero-order chi connectivity index (χ0) is 20.8. The summed E-state index contributed by atoms with van der Waals surface area (Å²) in [4.78, 5) is 28.4. The van der Waals surface area contributed by atoms with Crippen molar-refractivity contribution in [2.24, 2.45) is 0 Å². The summed E-state index contributed by atoms with van der Waals surface area (Å²) >= 11 is 0. The molecule has 0 aliphatic heterocycles. The van der Waals surface area contributed by atoms with E-state index in [1.807, 2.05) is 63.5 Å². The minimum atomic E-state index is -0.354. The van der Waals surface area contributed by atoms with Crippen LogP contribution in [0.1, 0.15) is 23.1 Å². The van der Waals surface area contributed by atoms with Gasteiger partial charge in [0.25, 0.3) is 0 Å². The van der Waals surface area contributed by atoms with Gasteiger partial charge in [-0.1, -0.05) is 29.8 Å². The molecule has 0 saturated heterocycles. The second-order valence-electron chi connectivity index (χ2n) is 7.21. The third-order valence-electron chi connectivity index (χ3n) is 4.74. The minimum absolute atomic E-state index is 0.0786. The van der Waals surface area contributed by atoms with Crippen LogP contribution < -0.4 is 16.0 Å². The van der Waals surface area contributed by atoms with Crippen LogP contribution in [0, 0.1) is 20.8 Å². The molecule has 0 spiro atoms. The first-order valence-electron chi connectivity index (χ1n) is 9.73. The highest BCUT2D eigenvalue weighted by Crippen LogP contribution is 2.21. The van der Waals surface area contributed by atoms with Crippen molar-refractivity contribution in [3.05, 3.63) is 59.4 Å². The Kier molecular flexibility index (Phi) is 6.49. The normalized spacial score (nSPS) is 10.7.